The van der Waals surface area contributed by atoms with Crippen LogP contribution in [0.4, 0.5) is 17.1 Å². The molecule has 3 aliphatic rings. The van der Waals surface area contributed by atoms with Crippen LogP contribution in [0.3, 0.4) is 0 Å². The van der Waals surface area contributed by atoms with E-state index in [1.54, 1.807) is 0 Å². The van der Waals surface area contributed by atoms with Crippen LogP contribution in [0.1, 0.15) is 22.6 Å². The molecule has 1 unspecified atom stereocenters. The van der Waals surface area contributed by atoms with Crippen LogP contribution in [0.25, 0.3) is 11.1 Å². The summed E-state index contributed by atoms with van der Waals surface area (Å²) in [5.74, 6) is 3.68. The monoisotopic (exact) mass is 615 g/mol. The average molecular weight is 616 g/mol. The molecule has 2 heterocycles. The van der Waals surface area contributed by atoms with Gasteiger partial charge >= 0.3 is 0 Å². The molecule has 2 aliphatic heterocycles. The van der Waals surface area contributed by atoms with Gasteiger partial charge < -0.3 is 14.4 Å². The molecule has 0 amide bonds. The lowest BCUT2D eigenvalue weighted by Gasteiger charge is -2.38. The number of nitrogens with zero attached hydrogens (tertiary/aromatic N) is 1. The van der Waals surface area contributed by atoms with Crippen molar-refractivity contribution in [1.29, 1.82) is 0 Å². The number of ether oxygens (including phenoxy) is 2. The zero-order valence-electron chi connectivity index (χ0n) is 26.2. The summed E-state index contributed by atoms with van der Waals surface area (Å²) < 4.78 is 13.7. The fraction of sp³-hybridized carbons (Fsp3) is 0.0455. The summed E-state index contributed by atoms with van der Waals surface area (Å²) in [6.45, 7) is 0.103. The molecular weight excluding hydrogens is 585 g/mol. The lowest BCUT2D eigenvalue weighted by atomic mass is 9.36. The van der Waals surface area contributed by atoms with Crippen molar-refractivity contribution in [3.05, 3.63) is 180 Å². The van der Waals surface area contributed by atoms with Crippen LogP contribution in [-0.4, -0.2) is 6.71 Å². The minimum absolute atomic E-state index is 0.0639. The third-order valence-corrected chi connectivity index (χ3v) is 10.2. The molecule has 0 aromatic heterocycles. The predicted octanol–water partition coefficient (Wildman–Crippen LogP) is 9.24. The number of hydrogen-bond donors (Lipinski definition) is 0. The molecule has 0 saturated heterocycles. The third kappa shape index (κ3) is 4.16. The van der Waals surface area contributed by atoms with E-state index in [2.05, 4.69) is 169 Å². The molecule has 7 aromatic carbocycles. The maximum absolute atomic E-state index is 6.96. The van der Waals surface area contributed by atoms with E-state index in [4.69, 9.17) is 9.47 Å². The molecule has 0 fully saturated rings. The molecule has 0 bridgehead atoms. The molecule has 1 atom stereocenters. The highest BCUT2D eigenvalue weighted by molar-refractivity contribution is 6.96. The fourth-order valence-corrected chi connectivity index (χ4v) is 8.04. The van der Waals surface area contributed by atoms with Crippen molar-refractivity contribution >= 4 is 40.2 Å². The maximum Gasteiger partial charge on any atom is 0.250 e. The molecule has 7 aromatic rings. The number of para-hydroxylation sites is 4. The Labute approximate surface area is 280 Å². The van der Waals surface area contributed by atoms with Gasteiger partial charge in [0.15, 0.2) is 11.5 Å². The van der Waals surface area contributed by atoms with E-state index in [0.717, 1.165) is 46.5 Å². The molecule has 3 nitrogen and oxygen atoms in total. The van der Waals surface area contributed by atoms with Gasteiger partial charge in [0, 0.05) is 17.2 Å². The van der Waals surface area contributed by atoms with Gasteiger partial charge in [-0.3, -0.25) is 0 Å². The Kier molecular flexibility index (Phi) is 6.10. The standard InChI is InChI=1S/C44H30BNO2/c1-3-14-31(15-4-1)45-36-19-9-11-21-40(36)47-42-28-30(23-25-37(42)45)35-27-29-13-7-8-18-33(29)34-24-26-39-44(43(34)35)48-41-22-12-10-20-38(41)46(39)32-16-5-2-6-17-32/h1-26,28,35H,27H2. The van der Waals surface area contributed by atoms with Crippen LogP contribution in [-0.2, 0) is 6.42 Å². The van der Waals surface area contributed by atoms with Gasteiger partial charge in [-0.25, -0.2) is 0 Å². The summed E-state index contributed by atoms with van der Waals surface area (Å²) in [5.41, 5.74) is 13.1. The second-order valence-corrected chi connectivity index (χ2v) is 12.8. The van der Waals surface area contributed by atoms with Gasteiger partial charge in [-0.2, -0.15) is 0 Å². The molecule has 1 aliphatic carbocycles. The van der Waals surface area contributed by atoms with Crippen molar-refractivity contribution in [2.75, 3.05) is 4.90 Å². The minimum Gasteiger partial charge on any atom is -0.458 e. The third-order valence-electron chi connectivity index (χ3n) is 10.2. The highest BCUT2D eigenvalue weighted by atomic mass is 16.5. The highest BCUT2D eigenvalue weighted by Gasteiger charge is 2.37. The van der Waals surface area contributed by atoms with Crippen LogP contribution in [0.2, 0.25) is 0 Å². The predicted molar refractivity (Wildman–Crippen MR) is 196 cm³/mol. The maximum atomic E-state index is 6.96. The second kappa shape index (κ2) is 10.8. The molecule has 10 rings (SSSR count). The van der Waals surface area contributed by atoms with Gasteiger partial charge in [0.2, 0.25) is 0 Å². The van der Waals surface area contributed by atoms with Crippen molar-refractivity contribution in [3.63, 3.8) is 0 Å². The summed E-state index contributed by atoms with van der Waals surface area (Å²) >= 11 is 0. The summed E-state index contributed by atoms with van der Waals surface area (Å²) in [7, 11) is 0. The second-order valence-electron chi connectivity index (χ2n) is 12.8. The van der Waals surface area contributed by atoms with E-state index in [0.29, 0.717) is 0 Å². The average Bonchev–Trinajstić information content (AvgIpc) is 3.16. The van der Waals surface area contributed by atoms with E-state index in [1.807, 2.05) is 0 Å². The Bertz CT molecular complexity index is 2350. The van der Waals surface area contributed by atoms with Gasteiger partial charge in [-0.1, -0.05) is 127 Å². The van der Waals surface area contributed by atoms with Crippen LogP contribution < -0.4 is 30.8 Å². The normalized spacial score (nSPS) is 15.0. The van der Waals surface area contributed by atoms with Crippen LogP contribution >= 0.6 is 0 Å². The lowest BCUT2D eigenvalue weighted by molar-refractivity contribution is 0.466. The first-order chi connectivity index (χ1) is 23.8. The Morgan fingerprint density at radius 3 is 2.10 bits per heavy atom. The molecule has 226 valence electrons. The van der Waals surface area contributed by atoms with Gasteiger partial charge in [0.25, 0.3) is 6.71 Å². The van der Waals surface area contributed by atoms with E-state index in [1.165, 1.54) is 44.2 Å². The van der Waals surface area contributed by atoms with Crippen LogP contribution in [0, 0.1) is 0 Å². The SMILES string of the molecule is c1ccc(B2c3ccccc3Oc3cc(C4Cc5ccccc5-c5ccc6c(c54)Oc4ccccc4N6c4ccccc4)ccc32)cc1. The molecule has 0 spiro atoms. The van der Waals surface area contributed by atoms with Gasteiger partial charge in [-0.05, 0) is 82.1 Å². The summed E-state index contributed by atoms with van der Waals surface area (Å²) in [6.07, 6.45) is 0.869. The Morgan fingerprint density at radius 1 is 0.521 bits per heavy atom. The number of benzene rings is 7. The number of fused-ring (bicyclic) bond motifs is 8. The smallest absolute Gasteiger partial charge is 0.250 e. The summed E-state index contributed by atoms with van der Waals surface area (Å²) in [4.78, 5) is 2.34. The number of anilines is 3. The quantitative estimate of drug-likeness (QED) is 0.185. The zero-order valence-corrected chi connectivity index (χ0v) is 26.2. The van der Waals surface area contributed by atoms with Gasteiger partial charge in [-0.15, -0.1) is 0 Å². The summed E-state index contributed by atoms with van der Waals surface area (Å²) in [6, 6.07) is 58.4. The molecule has 0 N–H and O–H groups in total. The first-order valence-corrected chi connectivity index (χ1v) is 16.6. The Hall–Kier alpha value is -6.00. The largest absolute Gasteiger partial charge is 0.458 e. The minimum atomic E-state index is 0.0639. The van der Waals surface area contributed by atoms with Crippen LogP contribution in [0.5, 0.6) is 23.0 Å². The van der Waals surface area contributed by atoms with E-state index in [9.17, 15) is 0 Å². The van der Waals surface area contributed by atoms with E-state index in [-0.39, 0.29) is 12.6 Å². The molecule has 4 heteroatoms. The van der Waals surface area contributed by atoms with Crippen molar-refractivity contribution in [1.82, 2.24) is 0 Å². The van der Waals surface area contributed by atoms with Crippen molar-refractivity contribution in [3.8, 4) is 34.1 Å². The lowest BCUT2D eigenvalue weighted by Crippen LogP contribution is -2.54. The Balaban J connectivity index is 1.17. The Morgan fingerprint density at radius 2 is 1.23 bits per heavy atom. The zero-order chi connectivity index (χ0) is 31.6. The topological polar surface area (TPSA) is 21.7 Å². The fourth-order valence-electron chi connectivity index (χ4n) is 8.04. The number of hydrogen-bond acceptors (Lipinski definition) is 3. The van der Waals surface area contributed by atoms with Gasteiger partial charge in [0.05, 0.1) is 11.4 Å². The highest BCUT2D eigenvalue weighted by Crippen LogP contribution is 2.57. The van der Waals surface area contributed by atoms with E-state index < -0.39 is 0 Å². The summed E-state index contributed by atoms with van der Waals surface area (Å²) in [5, 5.41) is 0. The van der Waals surface area contributed by atoms with Crippen molar-refractivity contribution in [2.24, 2.45) is 0 Å². The molecule has 48 heavy (non-hydrogen) atoms. The van der Waals surface area contributed by atoms with E-state index >= 15 is 0 Å². The molecular formula is C44H30BNO2. The van der Waals surface area contributed by atoms with Crippen molar-refractivity contribution in [2.45, 2.75) is 12.3 Å². The van der Waals surface area contributed by atoms with Gasteiger partial charge in [0.1, 0.15) is 11.5 Å². The molecule has 0 radical (unpaired) electrons. The molecule has 0 saturated carbocycles. The first-order valence-electron chi connectivity index (χ1n) is 16.6. The first kappa shape index (κ1) is 27.1. The number of rotatable bonds is 3. The van der Waals surface area contributed by atoms with Crippen molar-refractivity contribution < 1.29 is 9.47 Å². The van der Waals surface area contributed by atoms with Crippen LogP contribution in [0.15, 0.2) is 164 Å².